The van der Waals surface area contributed by atoms with Crippen LogP contribution in [-0.2, 0) is 13.0 Å². The molecule has 0 aliphatic carbocycles. The van der Waals surface area contributed by atoms with E-state index in [-0.39, 0.29) is 12.6 Å². The Labute approximate surface area is 154 Å². The van der Waals surface area contributed by atoms with Gasteiger partial charge in [-0.15, -0.1) is 0 Å². The highest BCUT2D eigenvalue weighted by molar-refractivity contribution is 5.80. The number of guanidine groups is 1. The summed E-state index contributed by atoms with van der Waals surface area (Å²) in [4.78, 5) is 4.47. The summed E-state index contributed by atoms with van der Waals surface area (Å²) < 4.78 is 14.0. The zero-order valence-electron chi connectivity index (χ0n) is 15.3. The van der Waals surface area contributed by atoms with Crippen LogP contribution in [0.25, 0.3) is 0 Å². The number of halogens is 1. The van der Waals surface area contributed by atoms with Crippen molar-refractivity contribution in [3.63, 3.8) is 0 Å². The van der Waals surface area contributed by atoms with Gasteiger partial charge in [0.05, 0.1) is 18.2 Å². The van der Waals surface area contributed by atoms with Crippen molar-refractivity contribution < 1.29 is 4.39 Å². The van der Waals surface area contributed by atoms with Crippen LogP contribution < -0.4 is 10.6 Å². The maximum atomic E-state index is 14.0. The van der Waals surface area contributed by atoms with Gasteiger partial charge in [-0.25, -0.2) is 9.38 Å². The van der Waals surface area contributed by atoms with Crippen LogP contribution in [0.15, 0.2) is 53.5 Å². The molecule has 0 saturated heterocycles. The van der Waals surface area contributed by atoms with Gasteiger partial charge in [-0.1, -0.05) is 36.4 Å². The quantitative estimate of drug-likeness (QED) is 0.589. The number of nitrogens with zero attached hydrogens (tertiary/aromatic N) is 2. The summed E-state index contributed by atoms with van der Waals surface area (Å²) in [5, 5.41) is 15.4. The largest absolute Gasteiger partial charge is 0.357 e. The summed E-state index contributed by atoms with van der Waals surface area (Å²) >= 11 is 0. The molecule has 0 saturated carbocycles. The molecular weight excluding hydrogens is 327 g/mol. The molecule has 0 heterocycles. The SMILES string of the molecule is CCNC(=NCc1ccc(C#N)cc1F)NC(C)CCc1ccccc1. The lowest BCUT2D eigenvalue weighted by Gasteiger charge is -2.18. The zero-order chi connectivity index (χ0) is 18.8. The molecule has 2 N–H and O–H groups in total. The minimum atomic E-state index is -0.402. The van der Waals surface area contributed by atoms with E-state index in [1.807, 2.05) is 31.2 Å². The van der Waals surface area contributed by atoms with Crippen LogP contribution in [0.2, 0.25) is 0 Å². The highest BCUT2D eigenvalue weighted by atomic mass is 19.1. The molecule has 136 valence electrons. The predicted molar refractivity (Wildman–Crippen MR) is 103 cm³/mol. The maximum absolute atomic E-state index is 14.0. The first-order chi connectivity index (χ1) is 12.6. The van der Waals surface area contributed by atoms with Crippen molar-refractivity contribution in [3.05, 3.63) is 71.0 Å². The monoisotopic (exact) mass is 352 g/mol. The molecule has 0 aromatic heterocycles. The van der Waals surface area contributed by atoms with E-state index in [1.54, 1.807) is 12.1 Å². The van der Waals surface area contributed by atoms with Crippen molar-refractivity contribution in [2.45, 2.75) is 39.3 Å². The van der Waals surface area contributed by atoms with Crippen molar-refractivity contribution in [2.75, 3.05) is 6.54 Å². The molecule has 2 aromatic rings. The van der Waals surface area contributed by atoms with Crippen molar-refractivity contribution in [3.8, 4) is 6.07 Å². The van der Waals surface area contributed by atoms with Crippen LogP contribution in [0.1, 0.15) is 37.0 Å². The third-order valence-corrected chi connectivity index (χ3v) is 4.03. The summed E-state index contributed by atoms with van der Waals surface area (Å²) in [6.07, 6.45) is 1.96. The van der Waals surface area contributed by atoms with Gasteiger partial charge < -0.3 is 10.6 Å². The lowest BCUT2D eigenvalue weighted by molar-refractivity contribution is 0.590. The molecule has 5 heteroatoms. The summed E-state index contributed by atoms with van der Waals surface area (Å²) in [6.45, 7) is 5.05. The van der Waals surface area contributed by atoms with Gasteiger partial charge in [-0.3, -0.25) is 0 Å². The van der Waals surface area contributed by atoms with Gasteiger partial charge in [0.2, 0.25) is 0 Å². The second-order valence-electron chi connectivity index (χ2n) is 6.18. The Balaban J connectivity index is 1.94. The van der Waals surface area contributed by atoms with Crippen molar-refractivity contribution >= 4 is 5.96 Å². The van der Waals surface area contributed by atoms with E-state index in [4.69, 9.17) is 5.26 Å². The average molecular weight is 352 g/mol. The van der Waals surface area contributed by atoms with Crippen LogP contribution in [0.3, 0.4) is 0 Å². The first-order valence-electron chi connectivity index (χ1n) is 8.89. The number of aliphatic imine (C=N–C) groups is 1. The van der Waals surface area contributed by atoms with E-state index in [9.17, 15) is 4.39 Å². The van der Waals surface area contributed by atoms with Crippen LogP contribution in [-0.4, -0.2) is 18.5 Å². The molecule has 1 unspecified atom stereocenters. The normalized spacial score (nSPS) is 12.3. The molecule has 2 rings (SSSR count). The Morgan fingerprint density at radius 1 is 1.23 bits per heavy atom. The summed E-state index contributed by atoms with van der Waals surface area (Å²) in [6, 6.07) is 17.0. The van der Waals surface area contributed by atoms with Gasteiger partial charge in [0, 0.05) is 18.2 Å². The summed E-state index contributed by atoms with van der Waals surface area (Å²) in [5.74, 6) is 0.262. The van der Waals surface area contributed by atoms with Crippen LogP contribution >= 0.6 is 0 Å². The fraction of sp³-hybridized carbons (Fsp3) is 0.333. The minimum absolute atomic E-state index is 0.221. The lowest BCUT2D eigenvalue weighted by atomic mass is 10.1. The predicted octanol–water partition coefficient (Wildman–Crippen LogP) is 3.77. The standard InChI is InChI=1S/C21H25FN4/c1-3-24-21(25-15-19-12-11-18(14-23)13-20(19)22)26-16(2)9-10-17-7-5-4-6-8-17/h4-8,11-13,16H,3,9-10,15H2,1-2H3,(H2,24,25,26). The molecule has 1 atom stereocenters. The van der Waals surface area contributed by atoms with Crippen molar-refractivity contribution in [1.29, 1.82) is 5.26 Å². The Hall–Kier alpha value is -2.87. The molecule has 0 fully saturated rings. The number of nitriles is 1. The summed E-state index contributed by atoms with van der Waals surface area (Å²) in [5.41, 5.74) is 2.09. The van der Waals surface area contributed by atoms with Gasteiger partial charge in [-0.2, -0.15) is 5.26 Å². The van der Waals surface area contributed by atoms with Gasteiger partial charge in [0.25, 0.3) is 0 Å². The zero-order valence-corrected chi connectivity index (χ0v) is 15.3. The average Bonchev–Trinajstić information content (AvgIpc) is 2.66. The molecular formula is C21H25FN4. The highest BCUT2D eigenvalue weighted by Crippen LogP contribution is 2.11. The Morgan fingerprint density at radius 2 is 2.00 bits per heavy atom. The lowest BCUT2D eigenvalue weighted by Crippen LogP contribution is -2.42. The van der Waals surface area contributed by atoms with Gasteiger partial charge in [-0.05, 0) is 44.4 Å². The van der Waals surface area contributed by atoms with Crippen LogP contribution in [0, 0.1) is 17.1 Å². The number of rotatable bonds is 7. The topological polar surface area (TPSA) is 60.2 Å². The van der Waals surface area contributed by atoms with E-state index in [0.717, 1.165) is 19.4 Å². The molecule has 0 spiro atoms. The third-order valence-electron chi connectivity index (χ3n) is 4.03. The van der Waals surface area contributed by atoms with E-state index < -0.39 is 5.82 Å². The number of benzene rings is 2. The Kier molecular flexibility index (Phi) is 7.63. The molecule has 2 aromatic carbocycles. The van der Waals surface area contributed by atoms with Gasteiger partial charge in [0.15, 0.2) is 5.96 Å². The fourth-order valence-electron chi connectivity index (χ4n) is 2.56. The molecule has 0 bridgehead atoms. The van der Waals surface area contributed by atoms with Crippen molar-refractivity contribution in [2.24, 2.45) is 4.99 Å². The van der Waals surface area contributed by atoms with E-state index in [1.165, 1.54) is 11.6 Å². The van der Waals surface area contributed by atoms with Crippen molar-refractivity contribution in [1.82, 2.24) is 10.6 Å². The Morgan fingerprint density at radius 3 is 2.65 bits per heavy atom. The number of hydrogen-bond acceptors (Lipinski definition) is 2. The molecule has 4 nitrogen and oxygen atoms in total. The molecule has 0 amide bonds. The molecule has 26 heavy (non-hydrogen) atoms. The van der Waals surface area contributed by atoms with Gasteiger partial charge >= 0.3 is 0 Å². The number of nitrogens with one attached hydrogen (secondary N) is 2. The number of aryl methyl sites for hydroxylation is 1. The van der Waals surface area contributed by atoms with E-state index in [0.29, 0.717) is 17.1 Å². The number of hydrogen-bond donors (Lipinski definition) is 2. The molecule has 0 aliphatic rings. The van der Waals surface area contributed by atoms with Gasteiger partial charge in [0.1, 0.15) is 5.82 Å². The first-order valence-corrected chi connectivity index (χ1v) is 8.89. The van der Waals surface area contributed by atoms with E-state index in [2.05, 4.69) is 34.7 Å². The molecule has 0 aliphatic heterocycles. The second kappa shape index (κ2) is 10.2. The third kappa shape index (κ3) is 6.21. The highest BCUT2D eigenvalue weighted by Gasteiger charge is 2.07. The smallest absolute Gasteiger partial charge is 0.191 e. The fourth-order valence-corrected chi connectivity index (χ4v) is 2.56. The molecule has 0 radical (unpaired) electrons. The van der Waals surface area contributed by atoms with Crippen LogP contribution in [0.4, 0.5) is 4.39 Å². The maximum Gasteiger partial charge on any atom is 0.191 e. The van der Waals surface area contributed by atoms with Crippen LogP contribution in [0.5, 0.6) is 0 Å². The second-order valence-corrected chi connectivity index (χ2v) is 6.18. The van der Waals surface area contributed by atoms with E-state index >= 15 is 0 Å². The minimum Gasteiger partial charge on any atom is -0.357 e. The summed E-state index contributed by atoms with van der Waals surface area (Å²) in [7, 11) is 0. The first kappa shape index (κ1) is 19.5. The Bertz CT molecular complexity index is 765.